The van der Waals surface area contributed by atoms with E-state index < -0.39 is 0 Å². The molecule has 1 spiro atoms. The highest BCUT2D eigenvalue weighted by atomic mass is 35.5. The number of rotatable bonds is 6. The van der Waals surface area contributed by atoms with E-state index in [2.05, 4.69) is 17.4 Å². The van der Waals surface area contributed by atoms with Gasteiger partial charge < -0.3 is 14.8 Å². The first kappa shape index (κ1) is 20.1. The number of halogens is 2. The van der Waals surface area contributed by atoms with Gasteiger partial charge in [0.2, 0.25) is 0 Å². The van der Waals surface area contributed by atoms with Gasteiger partial charge in [-0.1, -0.05) is 35.3 Å². The molecule has 2 fully saturated rings. The molecular weight excluding hydrogens is 395 g/mol. The number of benzene rings is 1. The van der Waals surface area contributed by atoms with Crippen LogP contribution in [0, 0.1) is 0 Å². The zero-order valence-corrected chi connectivity index (χ0v) is 17.4. The summed E-state index contributed by atoms with van der Waals surface area (Å²) >= 11 is 12.1. The average molecular weight is 421 g/mol. The highest BCUT2D eigenvalue weighted by Crippen LogP contribution is 2.46. The summed E-state index contributed by atoms with van der Waals surface area (Å²) in [5.74, 6) is 0. The lowest BCUT2D eigenvalue weighted by Crippen LogP contribution is -2.49. The summed E-state index contributed by atoms with van der Waals surface area (Å²) in [5, 5.41) is 4.75. The van der Waals surface area contributed by atoms with Gasteiger partial charge in [-0.3, -0.25) is 4.98 Å². The molecule has 0 saturated carbocycles. The van der Waals surface area contributed by atoms with E-state index in [0.29, 0.717) is 16.7 Å². The number of nitrogens with zero attached hydrogens (tertiary/aromatic N) is 1. The minimum atomic E-state index is -0.153. The van der Waals surface area contributed by atoms with E-state index >= 15 is 0 Å². The topological polar surface area (TPSA) is 43.4 Å². The first-order valence-corrected chi connectivity index (χ1v) is 10.6. The van der Waals surface area contributed by atoms with Crippen molar-refractivity contribution in [1.29, 1.82) is 0 Å². The Labute approximate surface area is 176 Å². The predicted molar refractivity (Wildman–Crippen MR) is 112 cm³/mol. The minimum Gasteiger partial charge on any atom is -0.378 e. The predicted octanol–water partition coefficient (Wildman–Crippen LogP) is 4.78. The summed E-state index contributed by atoms with van der Waals surface area (Å²) in [7, 11) is 0. The van der Waals surface area contributed by atoms with Gasteiger partial charge in [0.1, 0.15) is 0 Å². The lowest BCUT2D eigenvalue weighted by Gasteiger charge is -2.45. The number of nitrogens with one attached hydrogen (secondary N) is 1. The molecule has 2 unspecified atom stereocenters. The number of aromatic nitrogens is 1. The molecule has 2 aliphatic rings. The molecule has 2 aromatic rings. The number of hydrogen-bond donors (Lipinski definition) is 1. The summed E-state index contributed by atoms with van der Waals surface area (Å²) in [6, 6.07) is 12.0. The molecule has 1 aromatic carbocycles. The molecule has 3 heterocycles. The quantitative estimate of drug-likeness (QED) is 0.682. The van der Waals surface area contributed by atoms with Gasteiger partial charge in [-0.15, -0.1) is 0 Å². The molecular formula is C22H26Cl2N2O2. The Hall–Kier alpha value is -1.17. The van der Waals surface area contributed by atoms with Crippen LogP contribution in [-0.2, 0) is 21.4 Å². The monoisotopic (exact) mass is 420 g/mol. The second-order valence-corrected chi connectivity index (χ2v) is 8.75. The van der Waals surface area contributed by atoms with Crippen LogP contribution < -0.4 is 5.32 Å². The Morgan fingerprint density at radius 2 is 2.00 bits per heavy atom. The third kappa shape index (κ3) is 4.37. The Balaban J connectivity index is 1.45. The van der Waals surface area contributed by atoms with Crippen molar-refractivity contribution in [3.63, 3.8) is 0 Å². The third-order valence-corrected chi connectivity index (χ3v) is 6.76. The van der Waals surface area contributed by atoms with E-state index in [9.17, 15) is 0 Å². The molecule has 1 N–H and O–H groups in total. The lowest BCUT2D eigenvalue weighted by atomic mass is 9.68. The van der Waals surface area contributed by atoms with Crippen LogP contribution in [0.4, 0.5) is 0 Å². The van der Waals surface area contributed by atoms with E-state index in [0.717, 1.165) is 57.6 Å². The van der Waals surface area contributed by atoms with Crippen molar-refractivity contribution in [2.75, 3.05) is 26.4 Å². The van der Waals surface area contributed by atoms with Gasteiger partial charge in [0.05, 0.1) is 22.3 Å². The fraction of sp³-hybridized carbons (Fsp3) is 0.500. The average Bonchev–Trinajstić information content (AvgIpc) is 3.16. The van der Waals surface area contributed by atoms with Crippen molar-refractivity contribution in [2.24, 2.45) is 0 Å². The van der Waals surface area contributed by atoms with Gasteiger partial charge in [0.15, 0.2) is 0 Å². The lowest BCUT2D eigenvalue weighted by molar-refractivity contribution is -0.109. The summed E-state index contributed by atoms with van der Waals surface area (Å²) in [4.78, 5) is 4.73. The maximum atomic E-state index is 6.20. The molecule has 28 heavy (non-hydrogen) atoms. The first-order valence-electron chi connectivity index (χ1n) is 9.89. The van der Waals surface area contributed by atoms with Crippen molar-refractivity contribution < 1.29 is 9.47 Å². The van der Waals surface area contributed by atoms with E-state index in [-0.39, 0.29) is 11.0 Å². The number of hydrogen-bond acceptors (Lipinski definition) is 4. The van der Waals surface area contributed by atoms with Crippen molar-refractivity contribution >= 4 is 23.2 Å². The van der Waals surface area contributed by atoms with Crippen LogP contribution in [-0.4, -0.2) is 37.0 Å². The SMILES string of the molecule is Clc1ccc(CNCCC2(c3ccccn3)CCOC3(CCOC3)C2)cc1Cl. The van der Waals surface area contributed by atoms with Crippen molar-refractivity contribution in [2.45, 2.75) is 43.2 Å². The van der Waals surface area contributed by atoms with Crippen LogP contribution in [0.15, 0.2) is 42.6 Å². The zero-order valence-electron chi connectivity index (χ0n) is 15.9. The van der Waals surface area contributed by atoms with E-state index in [1.165, 1.54) is 5.69 Å². The summed E-state index contributed by atoms with van der Waals surface area (Å²) in [6.07, 6.45) is 5.83. The molecule has 1 aromatic heterocycles. The standard InChI is InChI=1S/C22H26Cl2N2O2/c23-18-5-4-17(13-19(18)24)14-25-10-6-21(20-3-1-2-9-26-20)7-12-28-22(15-21)8-11-27-16-22/h1-5,9,13,25H,6-8,10-12,14-16H2. The maximum absolute atomic E-state index is 6.20. The van der Waals surface area contributed by atoms with E-state index in [4.69, 9.17) is 37.7 Å². The van der Waals surface area contributed by atoms with Crippen molar-refractivity contribution in [3.05, 3.63) is 63.9 Å². The van der Waals surface area contributed by atoms with Crippen LogP contribution in [0.1, 0.15) is 36.9 Å². The summed E-state index contributed by atoms with van der Waals surface area (Å²) in [5.41, 5.74) is 2.16. The Bertz CT molecular complexity index is 796. The fourth-order valence-corrected chi connectivity index (χ4v) is 4.83. The maximum Gasteiger partial charge on any atom is 0.0945 e. The fourth-order valence-electron chi connectivity index (χ4n) is 4.51. The summed E-state index contributed by atoms with van der Waals surface area (Å²) < 4.78 is 11.9. The van der Waals surface area contributed by atoms with Gasteiger partial charge in [-0.05, 0) is 55.6 Å². The van der Waals surface area contributed by atoms with Crippen LogP contribution >= 0.6 is 23.2 Å². The molecule has 6 heteroatoms. The van der Waals surface area contributed by atoms with Crippen molar-refractivity contribution in [3.8, 4) is 0 Å². The van der Waals surface area contributed by atoms with Gasteiger partial charge >= 0.3 is 0 Å². The molecule has 0 aliphatic carbocycles. The zero-order chi connectivity index (χ0) is 19.5. The molecule has 0 amide bonds. The molecule has 4 rings (SSSR count). The smallest absolute Gasteiger partial charge is 0.0945 e. The minimum absolute atomic E-state index is 0.0118. The molecule has 0 bridgehead atoms. The molecule has 2 aliphatic heterocycles. The highest BCUT2D eigenvalue weighted by molar-refractivity contribution is 6.42. The normalized spacial score (nSPS) is 27.4. The van der Waals surface area contributed by atoms with E-state index in [1.54, 1.807) is 0 Å². The first-order chi connectivity index (χ1) is 13.6. The Morgan fingerprint density at radius 3 is 2.75 bits per heavy atom. The van der Waals surface area contributed by atoms with Gasteiger partial charge in [-0.25, -0.2) is 0 Å². The second-order valence-electron chi connectivity index (χ2n) is 7.93. The van der Waals surface area contributed by atoms with Crippen molar-refractivity contribution in [1.82, 2.24) is 10.3 Å². The van der Waals surface area contributed by atoms with Gasteiger partial charge in [-0.2, -0.15) is 0 Å². The van der Waals surface area contributed by atoms with Gasteiger partial charge in [0.25, 0.3) is 0 Å². The molecule has 150 valence electrons. The Morgan fingerprint density at radius 1 is 1.07 bits per heavy atom. The van der Waals surface area contributed by atoms with Crippen LogP contribution in [0.5, 0.6) is 0 Å². The second kappa shape index (κ2) is 8.68. The molecule has 2 atom stereocenters. The molecule has 4 nitrogen and oxygen atoms in total. The summed E-state index contributed by atoms with van der Waals surface area (Å²) in [6.45, 7) is 3.90. The molecule has 0 radical (unpaired) electrons. The number of pyridine rings is 1. The Kier molecular flexibility index (Phi) is 6.24. The largest absolute Gasteiger partial charge is 0.378 e. The van der Waals surface area contributed by atoms with Crippen LogP contribution in [0.2, 0.25) is 10.0 Å². The van der Waals surface area contributed by atoms with Crippen LogP contribution in [0.25, 0.3) is 0 Å². The highest BCUT2D eigenvalue weighted by Gasteiger charge is 2.49. The number of ether oxygens (including phenoxy) is 2. The molecule has 2 saturated heterocycles. The van der Waals surface area contributed by atoms with Crippen LogP contribution in [0.3, 0.4) is 0 Å². The van der Waals surface area contributed by atoms with Gasteiger partial charge in [0, 0.05) is 43.5 Å². The third-order valence-electron chi connectivity index (χ3n) is 6.02. The van der Waals surface area contributed by atoms with E-state index in [1.807, 2.05) is 30.5 Å².